The highest BCUT2D eigenvalue weighted by atomic mass is 16.4. The zero-order valence-electron chi connectivity index (χ0n) is 10.8. The molecule has 104 valence electrons. The van der Waals surface area contributed by atoms with Crippen LogP contribution < -0.4 is 0 Å². The third-order valence-electron chi connectivity index (χ3n) is 2.47. The van der Waals surface area contributed by atoms with Gasteiger partial charge in [0, 0.05) is 0 Å². The standard InChI is InChI=1S/C9H8O4.C6H6O/c1-5-2-3-6(8(10)11)4-7(5)9(12)13;7-6-4-2-1-3-5-6/h2-4H,1H3,(H,10,11)(H,12,13);1-5,7H. The Morgan fingerprint density at radius 1 is 0.900 bits per heavy atom. The van der Waals surface area contributed by atoms with Gasteiger partial charge in [0.05, 0.1) is 11.1 Å². The van der Waals surface area contributed by atoms with Crippen LogP contribution in [0.4, 0.5) is 0 Å². The molecule has 0 atom stereocenters. The van der Waals surface area contributed by atoms with Crippen LogP contribution in [0, 0.1) is 6.92 Å². The summed E-state index contributed by atoms with van der Waals surface area (Å²) in [6.07, 6.45) is 0. The predicted molar refractivity (Wildman–Crippen MR) is 73.2 cm³/mol. The highest BCUT2D eigenvalue weighted by Gasteiger charge is 2.10. The molecule has 2 rings (SSSR count). The summed E-state index contributed by atoms with van der Waals surface area (Å²) >= 11 is 0. The minimum absolute atomic E-state index is 0.0111. The second kappa shape index (κ2) is 6.94. The van der Waals surface area contributed by atoms with E-state index in [2.05, 4.69) is 0 Å². The Balaban J connectivity index is 0.000000240. The summed E-state index contributed by atoms with van der Waals surface area (Å²) in [5.41, 5.74) is 0.570. The summed E-state index contributed by atoms with van der Waals surface area (Å²) in [6, 6.07) is 12.7. The van der Waals surface area contributed by atoms with E-state index in [1.54, 1.807) is 31.2 Å². The Labute approximate surface area is 115 Å². The number of aryl methyl sites for hydroxylation is 1. The van der Waals surface area contributed by atoms with Crippen molar-refractivity contribution in [3.63, 3.8) is 0 Å². The van der Waals surface area contributed by atoms with Crippen LogP contribution in [-0.4, -0.2) is 27.3 Å². The van der Waals surface area contributed by atoms with Crippen LogP contribution >= 0.6 is 0 Å². The minimum atomic E-state index is -1.12. The summed E-state index contributed by atoms with van der Waals surface area (Å²) in [7, 11) is 0. The van der Waals surface area contributed by atoms with E-state index in [1.165, 1.54) is 12.1 Å². The summed E-state index contributed by atoms with van der Waals surface area (Å²) < 4.78 is 0. The van der Waals surface area contributed by atoms with Crippen LogP contribution in [0.15, 0.2) is 48.5 Å². The van der Waals surface area contributed by atoms with Crippen LogP contribution in [0.5, 0.6) is 5.75 Å². The Kier molecular flexibility index (Phi) is 5.29. The van der Waals surface area contributed by atoms with E-state index >= 15 is 0 Å². The van der Waals surface area contributed by atoms with Gasteiger partial charge in [-0.25, -0.2) is 9.59 Å². The number of para-hydroxylation sites is 1. The highest BCUT2D eigenvalue weighted by Crippen LogP contribution is 2.11. The lowest BCUT2D eigenvalue weighted by atomic mass is 10.1. The van der Waals surface area contributed by atoms with Gasteiger partial charge in [0.2, 0.25) is 0 Å². The highest BCUT2D eigenvalue weighted by molar-refractivity contribution is 5.94. The molecule has 0 saturated carbocycles. The molecule has 0 aliphatic heterocycles. The van der Waals surface area contributed by atoms with Gasteiger partial charge < -0.3 is 15.3 Å². The molecule has 5 nitrogen and oxygen atoms in total. The van der Waals surface area contributed by atoms with Crippen LogP contribution in [-0.2, 0) is 0 Å². The van der Waals surface area contributed by atoms with E-state index in [-0.39, 0.29) is 11.1 Å². The quantitative estimate of drug-likeness (QED) is 0.782. The fourth-order valence-corrected chi connectivity index (χ4v) is 1.41. The largest absolute Gasteiger partial charge is 0.508 e. The molecule has 0 saturated heterocycles. The zero-order chi connectivity index (χ0) is 15.1. The lowest BCUT2D eigenvalue weighted by molar-refractivity contribution is 0.0695. The van der Waals surface area contributed by atoms with Crippen molar-refractivity contribution in [3.8, 4) is 5.75 Å². The van der Waals surface area contributed by atoms with Crippen molar-refractivity contribution in [2.24, 2.45) is 0 Å². The molecule has 5 heteroatoms. The van der Waals surface area contributed by atoms with Gasteiger partial charge in [0.15, 0.2) is 0 Å². The van der Waals surface area contributed by atoms with E-state index in [0.29, 0.717) is 11.3 Å². The first kappa shape index (κ1) is 15.2. The molecule has 0 heterocycles. The van der Waals surface area contributed by atoms with Gasteiger partial charge in [-0.1, -0.05) is 24.3 Å². The third kappa shape index (κ3) is 4.45. The van der Waals surface area contributed by atoms with E-state index in [4.69, 9.17) is 15.3 Å². The van der Waals surface area contributed by atoms with Crippen molar-refractivity contribution in [1.82, 2.24) is 0 Å². The molecule has 0 bridgehead atoms. The van der Waals surface area contributed by atoms with Crippen molar-refractivity contribution in [2.45, 2.75) is 6.92 Å². The molecule has 2 aromatic rings. The van der Waals surface area contributed by atoms with Crippen LogP contribution in [0.25, 0.3) is 0 Å². The summed E-state index contributed by atoms with van der Waals surface area (Å²) in [5, 5.41) is 25.9. The molecule has 3 N–H and O–H groups in total. The minimum Gasteiger partial charge on any atom is -0.508 e. The molecule has 0 aromatic heterocycles. The molecule has 20 heavy (non-hydrogen) atoms. The van der Waals surface area contributed by atoms with Gasteiger partial charge in [-0.15, -0.1) is 0 Å². The monoisotopic (exact) mass is 274 g/mol. The van der Waals surface area contributed by atoms with Gasteiger partial charge in [-0.3, -0.25) is 0 Å². The maximum absolute atomic E-state index is 10.6. The van der Waals surface area contributed by atoms with Crippen LogP contribution in [0.1, 0.15) is 26.3 Å². The maximum Gasteiger partial charge on any atom is 0.335 e. The zero-order valence-corrected chi connectivity index (χ0v) is 10.8. The number of rotatable bonds is 2. The summed E-state index contributed by atoms with van der Waals surface area (Å²) in [6.45, 7) is 1.62. The van der Waals surface area contributed by atoms with Gasteiger partial charge in [-0.05, 0) is 36.8 Å². The fraction of sp³-hybridized carbons (Fsp3) is 0.0667. The van der Waals surface area contributed by atoms with Crippen LogP contribution in [0.3, 0.4) is 0 Å². The van der Waals surface area contributed by atoms with E-state index in [1.807, 2.05) is 6.07 Å². The Morgan fingerprint density at radius 2 is 1.50 bits per heavy atom. The van der Waals surface area contributed by atoms with Gasteiger partial charge in [0.25, 0.3) is 0 Å². The number of benzene rings is 2. The predicted octanol–water partition coefficient (Wildman–Crippen LogP) is 2.78. The van der Waals surface area contributed by atoms with Crippen molar-refractivity contribution < 1.29 is 24.9 Å². The molecule has 0 amide bonds. The summed E-state index contributed by atoms with van der Waals surface area (Å²) in [4.78, 5) is 21.1. The van der Waals surface area contributed by atoms with E-state index in [0.717, 1.165) is 6.07 Å². The number of aromatic hydroxyl groups is 1. The molecule has 2 aromatic carbocycles. The normalized spacial score (nSPS) is 9.25. The second-order valence-electron chi connectivity index (χ2n) is 3.98. The molecule has 0 aliphatic carbocycles. The van der Waals surface area contributed by atoms with Gasteiger partial charge in [0.1, 0.15) is 5.75 Å². The molecule has 0 unspecified atom stereocenters. The van der Waals surface area contributed by atoms with Gasteiger partial charge >= 0.3 is 11.9 Å². The van der Waals surface area contributed by atoms with Crippen LogP contribution in [0.2, 0.25) is 0 Å². The lowest BCUT2D eigenvalue weighted by Crippen LogP contribution is -2.03. The second-order valence-corrected chi connectivity index (χ2v) is 3.98. The lowest BCUT2D eigenvalue weighted by Gasteiger charge is -2.01. The first-order valence-corrected chi connectivity index (χ1v) is 5.73. The molecular weight excluding hydrogens is 260 g/mol. The first-order valence-electron chi connectivity index (χ1n) is 5.73. The topological polar surface area (TPSA) is 94.8 Å². The van der Waals surface area contributed by atoms with E-state index in [9.17, 15) is 9.59 Å². The Morgan fingerprint density at radius 3 is 1.90 bits per heavy atom. The van der Waals surface area contributed by atoms with Crippen molar-refractivity contribution in [2.75, 3.05) is 0 Å². The van der Waals surface area contributed by atoms with Crippen molar-refractivity contribution >= 4 is 11.9 Å². The number of carbonyl (C=O) groups is 2. The molecule has 0 fully saturated rings. The SMILES string of the molecule is Cc1ccc(C(=O)O)cc1C(=O)O.Oc1ccccc1. The number of phenolic OH excluding ortho intramolecular Hbond substituents is 1. The smallest absolute Gasteiger partial charge is 0.335 e. The number of hydrogen-bond acceptors (Lipinski definition) is 3. The number of carboxylic acids is 2. The number of phenols is 1. The van der Waals surface area contributed by atoms with Gasteiger partial charge in [-0.2, -0.15) is 0 Å². The Bertz CT molecular complexity index is 605. The summed E-state index contributed by atoms with van der Waals surface area (Å²) in [5.74, 6) is -1.91. The molecular formula is C15H14O5. The Hall–Kier alpha value is -2.82. The molecule has 0 radical (unpaired) electrons. The van der Waals surface area contributed by atoms with Crippen molar-refractivity contribution in [1.29, 1.82) is 0 Å². The molecule has 0 spiro atoms. The number of hydrogen-bond donors (Lipinski definition) is 3. The maximum atomic E-state index is 10.6. The third-order valence-corrected chi connectivity index (χ3v) is 2.47. The van der Waals surface area contributed by atoms with Crippen molar-refractivity contribution in [3.05, 3.63) is 65.2 Å². The molecule has 0 aliphatic rings. The average Bonchev–Trinajstić information content (AvgIpc) is 2.40. The number of aromatic carboxylic acids is 2. The van der Waals surface area contributed by atoms with E-state index < -0.39 is 11.9 Å². The average molecular weight is 274 g/mol. The number of carboxylic acid groups (broad SMARTS) is 2. The first-order chi connectivity index (χ1) is 9.41. The fourth-order valence-electron chi connectivity index (χ4n) is 1.41.